The number of nitrogens with zero attached hydrogens (tertiary/aromatic N) is 2. The normalized spacial score (nSPS) is 19.2. The zero-order valence-corrected chi connectivity index (χ0v) is 13.5. The lowest BCUT2D eigenvalue weighted by Gasteiger charge is -2.32. The number of aromatic nitrogens is 2. The van der Waals surface area contributed by atoms with Crippen molar-refractivity contribution in [1.29, 1.82) is 0 Å². The number of aryl methyl sites for hydroxylation is 2. The number of imidazole rings is 1. The molecule has 1 aliphatic rings. The quantitative estimate of drug-likeness (QED) is 0.908. The molecule has 1 fully saturated rings. The number of benzene rings is 1. The average molecular weight is 319 g/mol. The minimum absolute atomic E-state index is 0.612. The zero-order valence-electron chi connectivity index (χ0n) is 13.5. The summed E-state index contributed by atoms with van der Waals surface area (Å²) in [4.78, 5) is 9.97. The predicted molar refractivity (Wildman–Crippen MR) is 86.0 cm³/mol. The summed E-state index contributed by atoms with van der Waals surface area (Å²) in [5.41, 5.74) is 2.04. The highest BCUT2D eigenvalue weighted by Crippen LogP contribution is 2.23. The van der Waals surface area contributed by atoms with E-state index in [-0.39, 0.29) is 0 Å². The molecule has 124 valence electrons. The van der Waals surface area contributed by atoms with Gasteiger partial charge in [-0.2, -0.15) is 0 Å². The molecule has 0 amide bonds. The largest absolute Gasteiger partial charge is 0.345 e. The Bertz CT molecular complexity index is 653. The van der Waals surface area contributed by atoms with Crippen molar-refractivity contribution in [2.24, 2.45) is 5.92 Å². The van der Waals surface area contributed by atoms with E-state index in [9.17, 15) is 8.78 Å². The molecular weight excluding hydrogens is 296 g/mol. The van der Waals surface area contributed by atoms with Gasteiger partial charge in [0.15, 0.2) is 11.6 Å². The van der Waals surface area contributed by atoms with Gasteiger partial charge in [-0.15, -0.1) is 0 Å². The summed E-state index contributed by atoms with van der Waals surface area (Å²) in [5, 5.41) is 0. The van der Waals surface area contributed by atoms with Crippen LogP contribution in [-0.4, -0.2) is 28.0 Å². The molecule has 3 rings (SSSR count). The minimum Gasteiger partial charge on any atom is -0.345 e. The van der Waals surface area contributed by atoms with Crippen LogP contribution in [0, 0.1) is 24.5 Å². The Balaban J connectivity index is 1.51. The van der Waals surface area contributed by atoms with Gasteiger partial charge in [0.1, 0.15) is 5.82 Å². The highest BCUT2D eigenvalue weighted by atomic mass is 19.2. The molecule has 0 radical (unpaired) electrons. The molecule has 1 atom stereocenters. The van der Waals surface area contributed by atoms with Gasteiger partial charge in [-0.3, -0.25) is 4.90 Å². The third kappa shape index (κ3) is 4.38. The molecule has 5 heteroatoms. The first-order chi connectivity index (χ1) is 11.1. The second-order valence-corrected chi connectivity index (χ2v) is 6.52. The van der Waals surface area contributed by atoms with Crippen LogP contribution in [0.25, 0.3) is 0 Å². The SMILES string of the molecule is Cc1ncc(CN2CCC[C@@H](CCc3ccc(F)c(F)c3)C2)[nH]1. The molecule has 0 unspecified atom stereocenters. The molecule has 2 aromatic rings. The molecule has 1 N–H and O–H groups in total. The molecule has 0 spiro atoms. The van der Waals surface area contributed by atoms with Gasteiger partial charge in [-0.05, 0) is 62.8 Å². The van der Waals surface area contributed by atoms with Gasteiger partial charge in [-0.1, -0.05) is 6.07 Å². The standard InChI is InChI=1S/C18H23F2N3/c1-13-21-10-16(22-13)12-23-8-2-3-15(11-23)5-4-14-6-7-17(19)18(20)9-14/h6-7,9-10,15H,2-5,8,11-12H2,1H3,(H,21,22)/t15-/m0/s1. The molecule has 1 saturated heterocycles. The summed E-state index contributed by atoms with van der Waals surface area (Å²) >= 11 is 0. The van der Waals surface area contributed by atoms with Gasteiger partial charge >= 0.3 is 0 Å². The number of rotatable bonds is 5. The number of likely N-dealkylation sites (tertiary alicyclic amines) is 1. The zero-order chi connectivity index (χ0) is 16.2. The number of piperidine rings is 1. The number of aromatic amines is 1. The smallest absolute Gasteiger partial charge is 0.159 e. The number of nitrogens with one attached hydrogen (secondary N) is 1. The van der Waals surface area contributed by atoms with E-state index in [1.807, 2.05) is 13.1 Å². The fraction of sp³-hybridized carbons (Fsp3) is 0.500. The Morgan fingerprint density at radius 1 is 1.30 bits per heavy atom. The first kappa shape index (κ1) is 16.1. The number of halogens is 2. The molecule has 1 aromatic heterocycles. The first-order valence-corrected chi connectivity index (χ1v) is 8.27. The summed E-state index contributed by atoms with van der Waals surface area (Å²) < 4.78 is 26.2. The molecule has 3 nitrogen and oxygen atoms in total. The highest BCUT2D eigenvalue weighted by Gasteiger charge is 2.20. The molecule has 1 aliphatic heterocycles. The summed E-state index contributed by atoms with van der Waals surface area (Å²) in [5.74, 6) is 0.0441. The Morgan fingerprint density at radius 3 is 2.91 bits per heavy atom. The van der Waals surface area contributed by atoms with Crippen LogP contribution in [0.5, 0.6) is 0 Å². The van der Waals surface area contributed by atoms with Crippen molar-refractivity contribution >= 4 is 0 Å². The van der Waals surface area contributed by atoms with Gasteiger partial charge in [-0.25, -0.2) is 13.8 Å². The monoisotopic (exact) mass is 319 g/mol. The van der Waals surface area contributed by atoms with Crippen molar-refractivity contribution in [3.63, 3.8) is 0 Å². The van der Waals surface area contributed by atoms with Crippen molar-refractivity contribution in [3.8, 4) is 0 Å². The van der Waals surface area contributed by atoms with Crippen molar-refractivity contribution in [2.45, 2.75) is 39.2 Å². The van der Waals surface area contributed by atoms with Gasteiger partial charge in [0.25, 0.3) is 0 Å². The summed E-state index contributed by atoms with van der Waals surface area (Å²) in [7, 11) is 0. The molecule has 2 heterocycles. The van der Waals surface area contributed by atoms with E-state index >= 15 is 0 Å². The van der Waals surface area contributed by atoms with E-state index in [1.165, 1.54) is 25.0 Å². The lowest BCUT2D eigenvalue weighted by atomic mass is 9.91. The topological polar surface area (TPSA) is 31.9 Å². The summed E-state index contributed by atoms with van der Waals surface area (Å²) in [6.45, 7) is 5.04. The van der Waals surface area contributed by atoms with Crippen LogP contribution >= 0.6 is 0 Å². The van der Waals surface area contributed by atoms with Crippen molar-refractivity contribution in [1.82, 2.24) is 14.9 Å². The fourth-order valence-electron chi connectivity index (χ4n) is 3.39. The van der Waals surface area contributed by atoms with Gasteiger partial charge < -0.3 is 4.98 Å². The highest BCUT2D eigenvalue weighted by molar-refractivity contribution is 5.17. The summed E-state index contributed by atoms with van der Waals surface area (Å²) in [6, 6.07) is 4.23. The second kappa shape index (κ2) is 7.21. The Morgan fingerprint density at radius 2 is 2.17 bits per heavy atom. The van der Waals surface area contributed by atoms with Crippen molar-refractivity contribution in [3.05, 3.63) is 53.1 Å². The van der Waals surface area contributed by atoms with E-state index in [0.29, 0.717) is 5.92 Å². The average Bonchev–Trinajstić information content (AvgIpc) is 2.94. The Hall–Kier alpha value is -1.75. The van der Waals surface area contributed by atoms with E-state index in [0.717, 1.165) is 49.6 Å². The fourth-order valence-corrected chi connectivity index (χ4v) is 3.39. The van der Waals surface area contributed by atoms with Gasteiger partial charge in [0.05, 0.1) is 0 Å². The first-order valence-electron chi connectivity index (χ1n) is 8.27. The van der Waals surface area contributed by atoms with Gasteiger partial charge in [0, 0.05) is 25.0 Å². The van der Waals surface area contributed by atoms with Crippen molar-refractivity contribution in [2.75, 3.05) is 13.1 Å². The molecule has 1 aromatic carbocycles. The van der Waals surface area contributed by atoms with E-state index in [4.69, 9.17) is 0 Å². The number of H-pyrrole nitrogens is 1. The molecular formula is C18H23F2N3. The maximum atomic E-state index is 13.3. The van der Waals surface area contributed by atoms with E-state index in [1.54, 1.807) is 6.07 Å². The number of hydrogen-bond acceptors (Lipinski definition) is 2. The lowest BCUT2D eigenvalue weighted by molar-refractivity contribution is 0.160. The molecule has 23 heavy (non-hydrogen) atoms. The van der Waals surface area contributed by atoms with Crippen LogP contribution in [0.15, 0.2) is 24.4 Å². The van der Waals surface area contributed by atoms with Crippen LogP contribution in [0.2, 0.25) is 0 Å². The Labute approximate surface area is 135 Å². The maximum absolute atomic E-state index is 13.3. The van der Waals surface area contributed by atoms with Crippen molar-refractivity contribution < 1.29 is 8.78 Å². The maximum Gasteiger partial charge on any atom is 0.159 e. The van der Waals surface area contributed by atoms with Crippen LogP contribution in [-0.2, 0) is 13.0 Å². The minimum atomic E-state index is -0.771. The third-order valence-electron chi connectivity index (χ3n) is 4.58. The predicted octanol–water partition coefficient (Wildman–Crippen LogP) is 3.84. The van der Waals surface area contributed by atoms with E-state index in [2.05, 4.69) is 14.9 Å². The third-order valence-corrected chi connectivity index (χ3v) is 4.58. The lowest BCUT2D eigenvalue weighted by Crippen LogP contribution is -2.35. The summed E-state index contributed by atoms with van der Waals surface area (Å²) in [6.07, 6.45) is 6.13. The van der Waals surface area contributed by atoms with Crippen LogP contribution in [0.4, 0.5) is 8.78 Å². The van der Waals surface area contributed by atoms with Crippen LogP contribution in [0.3, 0.4) is 0 Å². The number of hydrogen-bond donors (Lipinski definition) is 1. The molecule has 0 saturated carbocycles. The van der Waals surface area contributed by atoms with Gasteiger partial charge in [0.2, 0.25) is 0 Å². The molecule has 0 bridgehead atoms. The van der Waals surface area contributed by atoms with Crippen LogP contribution < -0.4 is 0 Å². The molecule has 0 aliphatic carbocycles. The van der Waals surface area contributed by atoms with E-state index < -0.39 is 11.6 Å². The second-order valence-electron chi connectivity index (χ2n) is 6.52. The Kier molecular flexibility index (Phi) is 5.06. The van der Waals surface area contributed by atoms with Crippen LogP contribution in [0.1, 0.15) is 36.3 Å².